The van der Waals surface area contributed by atoms with E-state index in [0.717, 1.165) is 27.8 Å². The summed E-state index contributed by atoms with van der Waals surface area (Å²) in [6, 6.07) is 15.6. The largest absolute Gasteiger partial charge is 0.494 e. The second kappa shape index (κ2) is 11.3. The second-order valence-electron chi connectivity index (χ2n) is 6.67. The molecule has 0 saturated carbocycles. The predicted molar refractivity (Wildman–Crippen MR) is 118 cm³/mol. The van der Waals surface area contributed by atoms with Crippen LogP contribution in [0.4, 0.5) is 0 Å². The molecule has 2 aromatic carbocycles. The number of carbonyl (C=O) groups is 1. The van der Waals surface area contributed by atoms with Crippen molar-refractivity contribution in [3.63, 3.8) is 0 Å². The molecule has 6 heteroatoms. The maximum absolute atomic E-state index is 12.5. The zero-order chi connectivity index (χ0) is 21.2. The molecule has 0 heterocycles. The van der Waals surface area contributed by atoms with Crippen LogP contribution in [0.2, 0.25) is 0 Å². The molecular weight excluding hydrogens is 430 g/mol. The van der Waals surface area contributed by atoms with E-state index in [2.05, 4.69) is 26.6 Å². The molecule has 0 radical (unpaired) electrons. The number of hydrogen-bond acceptors (Lipinski definition) is 4. The maximum Gasteiger partial charge on any atom is 0.263 e. The molecule has 1 unspecified atom stereocenters. The first-order chi connectivity index (χ1) is 13.9. The SMILES string of the molecule is CCOc1ccc(C)cc1C(C)NC(=O)/C(C#N)=C\NCCc1cccc(Br)c1. The van der Waals surface area contributed by atoms with E-state index in [1.54, 1.807) is 0 Å². The molecule has 152 valence electrons. The molecule has 0 aliphatic rings. The smallest absolute Gasteiger partial charge is 0.263 e. The zero-order valence-electron chi connectivity index (χ0n) is 17.0. The third-order valence-corrected chi connectivity index (χ3v) is 4.83. The lowest BCUT2D eigenvalue weighted by atomic mass is 10.0. The van der Waals surface area contributed by atoms with Crippen LogP contribution in [0, 0.1) is 18.3 Å². The highest BCUT2D eigenvalue weighted by Crippen LogP contribution is 2.26. The number of benzene rings is 2. The number of carbonyl (C=O) groups excluding carboxylic acids is 1. The van der Waals surface area contributed by atoms with Gasteiger partial charge >= 0.3 is 0 Å². The minimum atomic E-state index is -0.418. The Morgan fingerprint density at radius 3 is 2.79 bits per heavy atom. The van der Waals surface area contributed by atoms with Crippen molar-refractivity contribution in [3.8, 4) is 11.8 Å². The second-order valence-corrected chi connectivity index (χ2v) is 7.59. The van der Waals surface area contributed by atoms with Crippen molar-refractivity contribution in [2.24, 2.45) is 0 Å². The molecule has 29 heavy (non-hydrogen) atoms. The Kier molecular flexibility index (Phi) is 8.75. The molecule has 0 aliphatic heterocycles. The number of ether oxygens (including phenoxy) is 1. The molecule has 0 saturated heterocycles. The fourth-order valence-corrected chi connectivity index (χ4v) is 3.32. The first-order valence-electron chi connectivity index (χ1n) is 9.57. The van der Waals surface area contributed by atoms with Crippen molar-refractivity contribution in [2.75, 3.05) is 13.2 Å². The molecular formula is C23H26BrN3O2. The number of nitriles is 1. The normalized spacial score (nSPS) is 12.0. The van der Waals surface area contributed by atoms with Gasteiger partial charge in [0.05, 0.1) is 12.6 Å². The standard InChI is InChI=1S/C23H26BrN3O2/c1-4-29-22-9-8-16(2)12-21(22)17(3)27-23(28)19(14-25)15-26-11-10-18-6-5-7-20(24)13-18/h5-9,12-13,15,17,26H,4,10-11H2,1-3H3,(H,27,28)/b19-15-. The molecule has 0 spiro atoms. The van der Waals surface area contributed by atoms with Crippen molar-refractivity contribution in [3.05, 3.63) is 75.4 Å². The van der Waals surface area contributed by atoms with Crippen LogP contribution in [-0.2, 0) is 11.2 Å². The van der Waals surface area contributed by atoms with E-state index in [1.165, 1.54) is 11.8 Å². The van der Waals surface area contributed by atoms with Gasteiger partial charge in [-0.25, -0.2) is 0 Å². The van der Waals surface area contributed by atoms with Gasteiger partial charge in [0.1, 0.15) is 17.4 Å². The highest BCUT2D eigenvalue weighted by molar-refractivity contribution is 9.10. The number of aryl methyl sites for hydroxylation is 1. The van der Waals surface area contributed by atoms with Crippen LogP contribution in [0.3, 0.4) is 0 Å². The first kappa shape index (κ1) is 22.5. The lowest BCUT2D eigenvalue weighted by molar-refractivity contribution is -0.117. The molecule has 2 aromatic rings. The lowest BCUT2D eigenvalue weighted by Gasteiger charge is -2.18. The zero-order valence-corrected chi connectivity index (χ0v) is 18.5. The van der Waals surface area contributed by atoms with Gasteiger partial charge in [0, 0.05) is 22.8 Å². The summed E-state index contributed by atoms with van der Waals surface area (Å²) in [6.07, 6.45) is 2.26. The molecule has 1 atom stereocenters. The molecule has 0 aromatic heterocycles. The van der Waals surface area contributed by atoms with Crippen LogP contribution in [0.15, 0.2) is 58.7 Å². The molecule has 2 N–H and O–H groups in total. The van der Waals surface area contributed by atoms with E-state index >= 15 is 0 Å². The van der Waals surface area contributed by atoms with E-state index < -0.39 is 5.91 Å². The Morgan fingerprint density at radius 2 is 2.10 bits per heavy atom. The summed E-state index contributed by atoms with van der Waals surface area (Å²) in [5, 5.41) is 15.3. The average molecular weight is 456 g/mol. The Labute approximate surface area is 180 Å². The summed E-state index contributed by atoms with van der Waals surface area (Å²) in [4.78, 5) is 12.5. The van der Waals surface area contributed by atoms with Crippen LogP contribution in [0.5, 0.6) is 5.75 Å². The van der Waals surface area contributed by atoms with E-state index in [1.807, 2.05) is 69.3 Å². The lowest BCUT2D eigenvalue weighted by Crippen LogP contribution is -2.29. The Balaban J connectivity index is 1.97. The molecule has 0 aliphatic carbocycles. The van der Waals surface area contributed by atoms with Crippen LogP contribution < -0.4 is 15.4 Å². The summed E-state index contributed by atoms with van der Waals surface area (Å²) in [7, 11) is 0. The van der Waals surface area contributed by atoms with Gasteiger partial charge in [-0.3, -0.25) is 4.79 Å². The first-order valence-corrected chi connectivity index (χ1v) is 10.4. The van der Waals surface area contributed by atoms with Crippen molar-refractivity contribution in [1.29, 1.82) is 5.26 Å². The van der Waals surface area contributed by atoms with E-state index in [9.17, 15) is 10.1 Å². The number of nitrogens with zero attached hydrogens (tertiary/aromatic N) is 1. The Bertz CT molecular complexity index is 919. The van der Waals surface area contributed by atoms with Gasteiger partial charge in [-0.05, 0) is 51.0 Å². The number of nitrogens with one attached hydrogen (secondary N) is 2. The maximum atomic E-state index is 12.5. The average Bonchev–Trinajstić information content (AvgIpc) is 2.69. The monoisotopic (exact) mass is 455 g/mol. The summed E-state index contributed by atoms with van der Waals surface area (Å²) in [5.74, 6) is 0.319. The van der Waals surface area contributed by atoms with Gasteiger partial charge in [0.15, 0.2) is 0 Å². The molecule has 0 bridgehead atoms. The van der Waals surface area contributed by atoms with Gasteiger partial charge in [-0.1, -0.05) is 45.8 Å². The van der Waals surface area contributed by atoms with Gasteiger partial charge in [0.2, 0.25) is 0 Å². The minimum Gasteiger partial charge on any atom is -0.494 e. The number of halogens is 1. The molecule has 1 amide bonds. The van der Waals surface area contributed by atoms with E-state index in [-0.39, 0.29) is 11.6 Å². The Hall–Kier alpha value is -2.78. The highest BCUT2D eigenvalue weighted by Gasteiger charge is 2.17. The third-order valence-electron chi connectivity index (χ3n) is 4.34. The number of amides is 1. The van der Waals surface area contributed by atoms with Crippen molar-refractivity contribution in [2.45, 2.75) is 33.2 Å². The number of rotatable bonds is 9. The Morgan fingerprint density at radius 1 is 1.31 bits per heavy atom. The van der Waals surface area contributed by atoms with Gasteiger partial charge in [0.25, 0.3) is 5.91 Å². The summed E-state index contributed by atoms with van der Waals surface area (Å²) in [5.41, 5.74) is 3.17. The minimum absolute atomic E-state index is 0.0386. The quantitative estimate of drug-likeness (QED) is 0.329. The van der Waals surface area contributed by atoms with Crippen LogP contribution in [-0.4, -0.2) is 19.1 Å². The predicted octanol–water partition coefficient (Wildman–Crippen LogP) is 4.57. The van der Waals surface area contributed by atoms with Crippen LogP contribution in [0.1, 0.15) is 36.6 Å². The highest BCUT2D eigenvalue weighted by atomic mass is 79.9. The van der Waals surface area contributed by atoms with Gasteiger partial charge in [-0.15, -0.1) is 0 Å². The molecule has 5 nitrogen and oxygen atoms in total. The molecule has 0 fully saturated rings. The van der Waals surface area contributed by atoms with Gasteiger partial charge < -0.3 is 15.4 Å². The summed E-state index contributed by atoms with van der Waals surface area (Å²) >= 11 is 3.45. The van der Waals surface area contributed by atoms with Crippen LogP contribution in [0.25, 0.3) is 0 Å². The van der Waals surface area contributed by atoms with Crippen LogP contribution >= 0.6 is 15.9 Å². The summed E-state index contributed by atoms with van der Waals surface area (Å²) in [6.45, 7) is 6.95. The van der Waals surface area contributed by atoms with Crippen molar-refractivity contribution < 1.29 is 9.53 Å². The topological polar surface area (TPSA) is 74.1 Å². The summed E-state index contributed by atoms with van der Waals surface area (Å²) < 4.78 is 6.69. The third kappa shape index (κ3) is 6.95. The van der Waals surface area contributed by atoms with E-state index in [0.29, 0.717) is 13.2 Å². The van der Waals surface area contributed by atoms with E-state index in [4.69, 9.17) is 4.74 Å². The number of hydrogen-bond donors (Lipinski definition) is 2. The fourth-order valence-electron chi connectivity index (χ4n) is 2.88. The van der Waals surface area contributed by atoms with Crippen molar-refractivity contribution in [1.82, 2.24) is 10.6 Å². The van der Waals surface area contributed by atoms with Gasteiger partial charge in [-0.2, -0.15) is 5.26 Å². The molecule has 2 rings (SSSR count). The van der Waals surface area contributed by atoms with Crippen molar-refractivity contribution >= 4 is 21.8 Å². The fraction of sp³-hybridized carbons (Fsp3) is 0.304.